The van der Waals surface area contributed by atoms with E-state index in [0.29, 0.717) is 24.1 Å². The number of amides is 1. The summed E-state index contributed by atoms with van der Waals surface area (Å²) >= 11 is 0. The van der Waals surface area contributed by atoms with Gasteiger partial charge in [0.05, 0.1) is 0 Å². The Balaban J connectivity index is 1.57. The maximum atomic E-state index is 12.2. The van der Waals surface area contributed by atoms with Gasteiger partial charge < -0.3 is 15.6 Å². The van der Waals surface area contributed by atoms with Crippen molar-refractivity contribution in [1.29, 1.82) is 0 Å². The van der Waals surface area contributed by atoms with Crippen LogP contribution in [0.25, 0.3) is 0 Å². The number of likely N-dealkylation sites (tertiary alicyclic amines) is 1. The quantitative estimate of drug-likeness (QED) is 0.822. The minimum absolute atomic E-state index is 0.132. The summed E-state index contributed by atoms with van der Waals surface area (Å²) in [6, 6.07) is 1.94. The van der Waals surface area contributed by atoms with Crippen molar-refractivity contribution in [2.24, 2.45) is 11.7 Å². The Morgan fingerprint density at radius 3 is 3.05 bits per heavy atom. The Labute approximate surface area is 118 Å². The van der Waals surface area contributed by atoms with Gasteiger partial charge in [0.2, 0.25) is 0 Å². The third-order valence-electron chi connectivity index (χ3n) is 4.19. The summed E-state index contributed by atoms with van der Waals surface area (Å²) in [5.74, 6) is 1.63. The van der Waals surface area contributed by atoms with E-state index in [1.54, 1.807) is 6.07 Å². The fourth-order valence-electron chi connectivity index (χ4n) is 2.82. The topological polar surface area (TPSA) is 84.4 Å². The molecule has 6 heteroatoms. The number of hydrogen-bond donors (Lipinski definition) is 2. The molecule has 0 aromatic carbocycles. The van der Waals surface area contributed by atoms with Crippen molar-refractivity contribution in [3.8, 4) is 0 Å². The smallest absolute Gasteiger partial charge is 0.273 e. The largest absolute Gasteiger partial charge is 0.360 e. The number of nitrogens with zero attached hydrogens (tertiary/aromatic N) is 2. The molecule has 3 N–H and O–H groups in total. The van der Waals surface area contributed by atoms with Crippen molar-refractivity contribution < 1.29 is 9.32 Å². The van der Waals surface area contributed by atoms with E-state index in [1.165, 1.54) is 0 Å². The number of rotatable bonds is 5. The molecule has 1 aromatic rings. The zero-order valence-electron chi connectivity index (χ0n) is 11.8. The number of nitrogens with two attached hydrogens (primary N) is 1. The van der Waals surface area contributed by atoms with Gasteiger partial charge in [0.15, 0.2) is 5.69 Å². The average Bonchev–Trinajstić information content (AvgIpc) is 3.05. The second-order valence-corrected chi connectivity index (χ2v) is 5.99. The maximum Gasteiger partial charge on any atom is 0.273 e. The van der Waals surface area contributed by atoms with E-state index in [4.69, 9.17) is 10.3 Å². The standard InChI is InChI=1S/C14H22N4O2/c1-9-7-18(5-4-15)8-12(9)16-14(19)11-6-13(20-17-11)10-2-3-10/h6,9-10,12H,2-5,7-8,15H2,1H3,(H,16,19)/t9-,12+/m1/s1. The summed E-state index contributed by atoms with van der Waals surface area (Å²) in [5.41, 5.74) is 5.98. The molecule has 1 aliphatic heterocycles. The second-order valence-electron chi connectivity index (χ2n) is 5.99. The Kier molecular flexibility index (Phi) is 3.76. The molecule has 1 saturated heterocycles. The zero-order chi connectivity index (χ0) is 14.1. The van der Waals surface area contributed by atoms with E-state index in [-0.39, 0.29) is 11.9 Å². The first-order valence-electron chi connectivity index (χ1n) is 7.37. The van der Waals surface area contributed by atoms with Crippen LogP contribution in [-0.2, 0) is 0 Å². The highest BCUT2D eigenvalue weighted by Gasteiger charge is 2.32. The Morgan fingerprint density at radius 1 is 1.55 bits per heavy atom. The van der Waals surface area contributed by atoms with E-state index in [1.807, 2.05) is 0 Å². The molecular weight excluding hydrogens is 256 g/mol. The highest BCUT2D eigenvalue weighted by atomic mass is 16.5. The first kappa shape index (κ1) is 13.6. The van der Waals surface area contributed by atoms with Crippen LogP contribution in [0.4, 0.5) is 0 Å². The van der Waals surface area contributed by atoms with Crippen LogP contribution < -0.4 is 11.1 Å². The van der Waals surface area contributed by atoms with Crippen molar-refractivity contribution in [3.63, 3.8) is 0 Å². The van der Waals surface area contributed by atoms with E-state index in [2.05, 4.69) is 22.3 Å². The molecule has 1 aromatic heterocycles. The fraction of sp³-hybridized carbons (Fsp3) is 0.714. The van der Waals surface area contributed by atoms with Gasteiger partial charge >= 0.3 is 0 Å². The molecular formula is C14H22N4O2. The normalized spacial score (nSPS) is 26.9. The first-order chi connectivity index (χ1) is 9.67. The van der Waals surface area contributed by atoms with Crippen LogP contribution >= 0.6 is 0 Å². The number of carbonyl (C=O) groups excluding carboxylic acids is 1. The minimum Gasteiger partial charge on any atom is -0.360 e. The molecule has 2 heterocycles. The van der Waals surface area contributed by atoms with Gasteiger partial charge in [-0.05, 0) is 18.8 Å². The summed E-state index contributed by atoms with van der Waals surface area (Å²) in [6.45, 7) is 5.53. The molecule has 6 nitrogen and oxygen atoms in total. The molecule has 1 saturated carbocycles. The Bertz CT molecular complexity index is 483. The lowest BCUT2D eigenvalue weighted by Crippen LogP contribution is -2.40. The van der Waals surface area contributed by atoms with Crippen LogP contribution in [0.3, 0.4) is 0 Å². The first-order valence-corrected chi connectivity index (χ1v) is 7.37. The number of carbonyl (C=O) groups is 1. The molecule has 0 unspecified atom stereocenters. The molecule has 3 rings (SSSR count). The van der Waals surface area contributed by atoms with Gasteiger partial charge in [-0.1, -0.05) is 12.1 Å². The number of nitrogens with one attached hydrogen (secondary N) is 1. The summed E-state index contributed by atoms with van der Waals surface area (Å²) in [6.07, 6.45) is 2.29. The van der Waals surface area contributed by atoms with Crippen molar-refractivity contribution in [2.45, 2.75) is 31.7 Å². The molecule has 2 aliphatic rings. The molecule has 1 aliphatic carbocycles. The summed E-state index contributed by atoms with van der Waals surface area (Å²) < 4.78 is 5.22. The van der Waals surface area contributed by atoms with Gasteiger partial charge in [0, 0.05) is 44.2 Å². The molecule has 0 spiro atoms. The lowest BCUT2D eigenvalue weighted by Gasteiger charge is -2.15. The lowest BCUT2D eigenvalue weighted by atomic mass is 10.1. The summed E-state index contributed by atoms with van der Waals surface area (Å²) in [5, 5.41) is 6.94. The zero-order valence-corrected chi connectivity index (χ0v) is 11.8. The van der Waals surface area contributed by atoms with Gasteiger partial charge in [-0.15, -0.1) is 0 Å². The second kappa shape index (κ2) is 5.54. The molecule has 110 valence electrons. The van der Waals surface area contributed by atoms with Crippen LogP contribution in [0.2, 0.25) is 0 Å². The average molecular weight is 278 g/mol. The summed E-state index contributed by atoms with van der Waals surface area (Å²) in [7, 11) is 0. The molecule has 2 atom stereocenters. The van der Waals surface area contributed by atoms with Gasteiger partial charge in [-0.3, -0.25) is 9.69 Å². The van der Waals surface area contributed by atoms with Crippen LogP contribution in [0.5, 0.6) is 0 Å². The Hall–Kier alpha value is -1.40. The van der Waals surface area contributed by atoms with Gasteiger partial charge in [-0.2, -0.15) is 0 Å². The third-order valence-corrected chi connectivity index (χ3v) is 4.19. The monoisotopic (exact) mass is 278 g/mol. The van der Waals surface area contributed by atoms with Crippen molar-refractivity contribution >= 4 is 5.91 Å². The van der Waals surface area contributed by atoms with Crippen LogP contribution in [0, 0.1) is 5.92 Å². The molecule has 0 bridgehead atoms. The van der Waals surface area contributed by atoms with E-state index in [0.717, 1.165) is 38.2 Å². The molecule has 0 radical (unpaired) electrons. The lowest BCUT2D eigenvalue weighted by molar-refractivity contribution is 0.0922. The molecule has 1 amide bonds. The maximum absolute atomic E-state index is 12.2. The predicted molar refractivity (Wildman–Crippen MR) is 74.4 cm³/mol. The Morgan fingerprint density at radius 2 is 2.35 bits per heavy atom. The van der Waals surface area contributed by atoms with Crippen molar-refractivity contribution in [3.05, 3.63) is 17.5 Å². The van der Waals surface area contributed by atoms with Gasteiger partial charge in [0.1, 0.15) is 5.76 Å². The molecule has 20 heavy (non-hydrogen) atoms. The minimum atomic E-state index is -0.132. The predicted octanol–water partition coefficient (Wildman–Crippen LogP) is 0.561. The number of hydrogen-bond acceptors (Lipinski definition) is 5. The summed E-state index contributed by atoms with van der Waals surface area (Å²) in [4.78, 5) is 14.5. The van der Waals surface area contributed by atoms with Gasteiger partial charge in [-0.25, -0.2) is 0 Å². The SMILES string of the molecule is C[C@@H]1CN(CCN)C[C@@H]1NC(=O)c1cc(C2CC2)on1. The van der Waals surface area contributed by atoms with Gasteiger partial charge in [0.25, 0.3) is 5.91 Å². The highest BCUT2D eigenvalue weighted by Crippen LogP contribution is 2.40. The van der Waals surface area contributed by atoms with Crippen molar-refractivity contribution in [2.75, 3.05) is 26.2 Å². The highest BCUT2D eigenvalue weighted by molar-refractivity contribution is 5.92. The number of aromatic nitrogens is 1. The van der Waals surface area contributed by atoms with Crippen LogP contribution in [-0.4, -0.2) is 48.2 Å². The van der Waals surface area contributed by atoms with E-state index >= 15 is 0 Å². The fourth-order valence-corrected chi connectivity index (χ4v) is 2.82. The van der Waals surface area contributed by atoms with Crippen molar-refractivity contribution in [1.82, 2.24) is 15.4 Å². The van der Waals surface area contributed by atoms with E-state index in [9.17, 15) is 4.79 Å². The van der Waals surface area contributed by atoms with Crippen LogP contribution in [0.1, 0.15) is 41.9 Å². The van der Waals surface area contributed by atoms with E-state index < -0.39 is 0 Å². The third kappa shape index (κ3) is 2.86. The van der Waals surface area contributed by atoms with Crippen LogP contribution in [0.15, 0.2) is 10.6 Å². The molecule has 2 fully saturated rings.